The van der Waals surface area contributed by atoms with Gasteiger partial charge in [0, 0.05) is 23.3 Å². The molecule has 1 spiro atoms. The lowest BCUT2D eigenvalue weighted by Crippen LogP contribution is -2.57. The summed E-state index contributed by atoms with van der Waals surface area (Å²) >= 11 is 1.75. The van der Waals surface area contributed by atoms with Gasteiger partial charge in [-0.2, -0.15) is 0 Å². The van der Waals surface area contributed by atoms with Crippen LogP contribution in [0, 0.1) is 12.8 Å². The zero-order valence-corrected chi connectivity index (χ0v) is 15.2. The van der Waals surface area contributed by atoms with Crippen LogP contribution in [0.2, 0.25) is 0 Å². The molecule has 24 heavy (non-hydrogen) atoms. The van der Waals surface area contributed by atoms with Crippen LogP contribution in [0.1, 0.15) is 49.5 Å². The van der Waals surface area contributed by atoms with Gasteiger partial charge in [0.1, 0.15) is 5.60 Å². The van der Waals surface area contributed by atoms with Gasteiger partial charge in [-0.3, -0.25) is 9.59 Å². The molecule has 0 radical (unpaired) electrons. The Morgan fingerprint density at radius 2 is 2.25 bits per heavy atom. The van der Waals surface area contributed by atoms with Crippen LogP contribution in [0.5, 0.6) is 0 Å². The van der Waals surface area contributed by atoms with Gasteiger partial charge in [0.25, 0.3) is 5.91 Å². The number of nitrogens with zero attached hydrogens (tertiary/aromatic N) is 1. The molecular formula is C18H24N2O3S. The average Bonchev–Trinajstić information content (AvgIpc) is 3.13. The Kier molecular flexibility index (Phi) is 3.55. The van der Waals surface area contributed by atoms with Crippen LogP contribution in [0.3, 0.4) is 0 Å². The summed E-state index contributed by atoms with van der Waals surface area (Å²) in [5.74, 6) is 0.609. The monoisotopic (exact) mass is 348 g/mol. The van der Waals surface area contributed by atoms with Gasteiger partial charge < -0.3 is 15.0 Å². The number of nitrogens with one attached hydrogen (secondary N) is 1. The molecule has 3 aliphatic rings. The third kappa shape index (κ3) is 2.56. The number of carbonyl (C=O) groups is 2. The highest BCUT2D eigenvalue weighted by atomic mass is 32.1. The lowest BCUT2D eigenvalue weighted by molar-refractivity contribution is -0.153. The van der Waals surface area contributed by atoms with E-state index in [1.54, 1.807) is 25.2 Å². The Morgan fingerprint density at radius 1 is 1.46 bits per heavy atom. The van der Waals surface area contributed by atoms with Gasteiger partial charge in [0.2, 0.25) is 5.91 Å². The molecule has 3 unspecified atom stereocenters. The van der Waals surface area contributed by atoms with E-state index in [2.05, 4.69) is 23.7 Å². The van der Waals surface area contributed by atoms with Gasteiger partial charge in [-0.15, -0.1) is 11.3 Å². The van der Waals surface area contributed by atoms with Crippen LogP contribution in [0.25, 0.3) is 0 Å². The molecule has 6 heteroatoms. The van der Waals surface area contributed by atoms with E-state index >= 15 is 0 Å². The first-order valence-electron chi connectivity index (χ1n) is 8.67. The van der Waals surface area contributed by atoms with E-state index in [4.69, 9.17) is 4.74 Å². The van der Waals surface area contributed by atoms with Gasteiger partial charge in [0.05, 0.1) is 6.54 Å². The van der Waals surface area contributed by atoms with Gasteiger partial charge in [-0.25, -0.2) is 0 Å². The number of thiophene rings is 1. The summed E-state index contributed by atoms with van der Waals surface area (Å²) < 4.78 is 6.04. The van der Waals surface area contributed by atoms with Gasteiger partial charge in [-0.1, -0.05) is 0 Å². The Bertz CT molecular complexity index is 698. The van der Waals surface area contributed by atoms with Crippen molar-refractivity contribution in [3.8, 4) is 0 Å². The van der Waals surface area contributed by atoms with Crippen molar-refractivity contribution in [2.75, 3.05) is 13.1 Å². The molecule has 3 fully saturated rings. The molecule has 2 aliphatic heterocycles. The molecule has 4 rings (SSSR count). The Labute approximate surface area is 146 Å². The maximum Gasteiger partial charge on any atom is 0.254 e. The van der Waals surface area contributed by atoms with E-state index in [0.29, 0.717) is 12.5 Å². The fraction of sp³-hybridized carbons (Fsp3) is 0.667. The molecule has 130 valence electrons. The first-order valence-corrected chi connectivity index (χ1v) is 9.55. The Balaban J connectivity index is 1.45. The lowest BCUT2D eigenvalue weighted by Gasteiger charge is -2.40. The molecule has 2 amide bonds. The van der Waals surface area contributed by atoms with Crippen molar-refractivity contribution < 1.29 is 14.3 Å². The number of aryl methyl sites for hydroxylation is 1. The topological polar surface area (TPSA) is 58.6 Å². The molecule has 2 saturated heterocycles. The summed E-state index contributed by atoms with van der Waals surface area (Å²) in [6, 6.07) is 2.12. The van der Waals surface area contributed by atoms with Crippen LogP contribution < -0.4 is 5.32 Å². The number of carbonyl (C=O) groups excluding carboxylic acids is 2. The third-order valence-electron chi connectivity index (χ3n) is 5.45. The van der Waals surface area contributed by atoms with Crippen LogP contribution in [-0.4, -0.2) is 41.1 Å². The molecule has 1 aromatic heterocycles. The highest BCUT2D eigenvalue weighted by molar-refractivity contribution is 7.10. The number of amides is 2. The minimum Gasteiger partial charge on any atom is -0.338 e. The first-order chi connectivity index (χ1) is 11.3. The smallest absolute Gasteiger partial charge is 0.254 e. The highest BCUT2D eigenvalue weighted by Crippen LogP contribution is 2.51. The molecule has 3 heterocycles. The van der Waals surface area contributed by atoms with Gasteiger partial charge in [0.15, 0.2) is 5.72 Å². The SMILES string of the molecule is Cc1ccsc1C1CC1C(=O)N1CCCC2(C1)NC(=O)C(C)(C)O2. The van der Waals surface area contributed by atoms with Crippen LogP contribution in [0.4, 0.5) is 0 Å². The number of likely N-dealkylation sites (tertiary alicyclic amines) is 1. The summed E-state index contributed by atoms with van der Waals surface area (Å²) in [5.41, 5.74) is -0.219. The minimum atomic E-state index is -0.817. The molecular weight excluding hydrogens is 324 g/mol. The largest absolute Gasteiger partial charge is 0.338 e. The van der Waals surface area contributed by atoms with E-state index in [0.717, 1.165) is 25.8 Å². The second-order valence-corrected chi connectivity index (χ2v) is 8.79. The molecule has 0 aromatic carbocycles. The molecule has 0 bridgehead atoms. The number of hydrogen-bond donors (Lipinski definition) is 1. The fourth-order valence-corrected chi connectivity index (χ4v) is 5.18. The van der Waals surface area contributed by atoms with Crippen molar-refractivity contribution in [3.63, 3.8) is 0 Å². The molecule has 3 atom stereocenters. The molecule has 1 aromatic rings. The van der Waals surface area contributed by atoms with Gasteiger partial charge >= 0.3 is 0 Å². The van der Waals surface area contributed by atoms with Crippen LogP contribution >= 0.6 is 11.3 Å². The molecule has 1 N–H and O–H groups in total. The lowest BCUT2D eigenvalue weighted by atomic mass is 10.0. The molecule has 1 aliphatic carbocycles. The van der Waals surface area contributed by atoms with Gasteiger partial charge in [-0.05, 0) is 57.0 Å². The number of hydrogen-bond acceptors (Lipinski definition) is 4. The van der Waals surface area contributed by atoms with Crippen LogP contribution in [-0.2, 0) is 14.3 Å². The number of piperidine rings is 1. The van der Waals surface area contributed by atoms with E-state index in [1.165, 1.54) is 10.4 Å². The third-order valence-corrected chi connectivity index (χ3v) is 6.60. The van der Waals surface area contributed by atoms with Crippen molar-refractivity contribution in [3.05, 3.63) is 21.9 Å². The zero-order chi connectivity index (χ0) is 17.1. The zero-order valence-electron chi connectivity index (χ0n) is 14.4. The first kappa shape index (κ1) is 16.1. The molecule has 1 saturated carbocycles. The summed E-state index contributed by atoms with van der Waals surface area (Å²) in [6.07, 6.45) is 2.57. The molecule has 5 nitrogen and oxygen atoms in total. The van der Waals surface area contributed by atoms with E-state index in [-0.39, 0.29) is 17.7 Å². The Hall–Kier alpha value is -1.40. The summed E-state index contributed by atoms with van der Waals surface area (Å²) in [5, 5.41) is 5.10. The maximum atomic E-state index is 12.9. The summed E-state index contributed by atoms with van der Waals surface area (Å²) in [4.78, 5) is 28.3. The summed E-state index contributed by atoms with van der Waals surface area (Å²) in [6.45, 7) is 6.91. The standard InChI is InChI=1S/C18H24N2O3S/c1-11-5-8-24-14(11)12-9-13(12)15(21)20-7-4-6-18(10-20)19-16(22)17(2,3)23-18/h5,8,12-13H,4,6-7,9-10H2,1-3H3,(H,19,22). The number of rotatable bonds is 2. The van der Waals surface area contributed by atoms with E-state index in [1.807, 2.05) is 4.90 Å². The minimum absolute atomic E-state index is 0.0877. The maximum absolute atomic E-state index is 12.9. The predicted octanol–water partition coefficient (Wildman–Crippen LogP) is 2.40. The van der Waals surface area contributed by atoms with Crippen LogP contribution in [0.15, 0.2) is 11.4 Å². The second-order valence-electron chi connectivity index (χ2n) is 7.84. The quantitative estimate of drug-likeness (QED) is 0.893. The predicted molar refractivity (Wildman–Crippen MR) is 91.8 cm³/mol. The normalized spacial score (nSPS) is 34.5. The highest BCUT2D eigenvalue weighted by Gasteiger charge is 2.54. The number of ether oxygens (including phenoxy) is 1. The van der Waals surface area contributed by atoms with Crippen molar-refractivity contribution in [2.24, 2.45) is 5.92 Å². The van der Waals surface area contributed by atoms with Crippen molar-refractivity contribution >= 4 is 23.2 Å². The average molecular weight is 348 g/mol. The van der Waals surface area contributed by atoms with Crippen molar-refractivity contribution in [2.45, 2.75) is 57.3 Å². The van der Waals surface area contributed by atoms with E-state index < -0.39 is 11.3 Å². The van der Waals surface area contributed by atoms with Crippen molar-refractivity contribution in [1.29, 1.82) is 0 Å². The summed E-state index contributed by atoms with van der Waals surface area (Å²) in [7, 11) is 0. The fourth-order valence-electron chi connectivity index (χ4n) is 4.07. The van der Waals surface area contributed by atoms with Crippen molar-refractivity contribution in [1.82, 2.24) is 10.2 Å². The Morgan fingerprint density at radius 3 is 2.88 bits per heavy atom. The second kappa shape index (κ2) is 5.30. The van der Waals surface area contributed by atoms with E-state index in [9.17, 15) is 9.59 Å².